The van der Waals surface area contributed by atoms with E-state index in [-0.39, 0.29) is 41.4 Å². The summed E-state index contributed by atoms with van der Waals surface area (Å²) in [6.45, 7) is 2.07. The van der Waals surface area contributed by atoms with Crippen LogP contribution in [0.15, 0.2) is 53.4 Å². The standard InChI is InChI=1S/C20H22FNO3S/c1-15-6-10-18(11-7-15)26(24,25)13-12-20(23)22(17-8-9-17)14-16-4-2-3-5-19(16)21/h2-7,10-11,17H,8-9,12-14H2,1H3. The van der Waals surface area contributed by atoms with E-state index in [1.807, 2.05) is 6.92 Å². The highest BCUT2D eigenvalue weighted by atomic mass is 32.2. The normalized spacial score (nSPS) is 14.2. The molecule has 0 N–H and O–H groups in total. The predicted octanol–water partition coefficient (Wildman–Crippen LogP) is 3.49. The van der Waals surface area contributed by atoms with Crippen molar-refractivity contribution in [3.63, 3.8) is 0 Å². The Labute approximate surface area is 153 Å². The van der Waals surface area contributed by atoms with Crippen LogP contribution >= 0.6 is 0 Å². The van der Waals surface area contributed by atoms with Gasteiger partial charge < -0.3 is 4.90 Å². The van der Waals surface area contributed by atoms with E-state index >= 15 is 0 Å². The molecule has 0 radical (unpaired) electrons. The molecule has 6 heteroatoms. The lowest BCUT2D eigenvalue weighted by Gasteiger charge is -2.23. The smallest absolute Gasteiger partial charge is 0.224 e. The van der Waals surface area contributed by atoms with Crippen LogP contribution in [0, 0.1) is 12.7 Å². The lowest BCUT2D eigenvalue weighted by Crippen LogP contribution is -2.34. The van der Waals surface area contributed by atoms with Crippen molar-refractivity contribution in [1.82, 2.24) is 4.90 Å². The summed E-state index contributed by atoms with van der Waals surface area (Å²) in [7, 11) is -3.51. The number of halogens is 1. The van der Waals surface area contributed by atoms with Gasteiger partial charge in [0.25, 0.3) is 0 Å². The van der Waals surface area contributed by atoms with Crippen molar-refractivity contribution in [3.8, 4) is 0 Å². The first-order valence-electron chi connectivity index (χ1n) is 8.69. The molecule has 2 aromatic carbocycles. The van der Waals surface area contributed by atoms with E-state index in [1.54, 1.807) is 47.4 Å². The molecule has 0 bridgehead atoms. The van der Waals surface area contributed by atoms with E-state index in [9.17, 15) is 17.6 Å². The maximum Gasteiger partial charge on any atom is 0.224 e. The van der Waals surface area contributed by atoms with Crippen LogP contribution in [0.4, 0.5) is 4.39 Å². The Kier molecular flexibility index (Phi) is 5.41. The summed E-state index contributed by atoms with van der Waals surface area (Å²) in [6, 6.07) is 13.1. The highest BCUT2D eigenvalue weighted by Gasteiger charge is 2.33. The van der Waals surface area contributed by atoms with Crippen molar-refractivity contribution < 1.29 is 17.6 Å². The summed E-state index contributed by atoms with van der Waals surface area (Å²) in [5.74, 6) is -0.834. The van der Waals surface area contributed by atoms with Crippen LogP contribution in [-0.4, -0.2) is 31.0 Å². The molecule has 4 nitrogen and oxygen atoms in total. The first kappa shape index (κ1) is 18.6. The highest BCUT2D eigenvalue weighted by Crippen LogP contribution is 2.29. The van der Waals surface area contributed by atoms with Gasteiger partial charge in [0.2, 0.25) is 5.91 Å². The minimum Gasteiger partial charge on any atom is -0.335 e. The summed E-state index contributed by atoms with van der Waals surface area (Å²) in [6.07, 6.45) is 1.66. The number of carbonyl (C=O) groups is 1. The Morgan fingerprint density at radius 1 is 1.12 bits per heavy atom. The van der Waals surface area contributed by atoms with Crippen LogP contribution in [0.1, 0.15) is 30.4 Å². The Balaban J connectivity index is 1.67. The number of aryl methyl sites for hydroxylation is 1. The van der Waals surface area contributed by atoms with E-state index in [2.05, 4.69) is 0 Å². The summed E-state index contributed by atoms with van der Waals surface area (Å²) in [5, 5.41) is 0. The second-order valence-corrected chi connectivity index (χ2v) is 8.84. The molecule has 1 fully saturated rings. The third kappa shape index (κ3) is 4.49. The number of nitrogens with zero attached hydrogens (tertiary/aromatic N) is 1. The quantitative estimate of drug-likeness (QED) is 0.744. The van der Waals surface area contributed by atoms with Gasteiger partial charge in [-0.15, -0.1) is 0 Å². The summed E-state index contributed by atoms with van der Waals surface area (Å²) in [4.78, 5) is 14.5. The Bertz CT molecular complexity index is 890. The van der Waals surface area contributed by atoms with Crippen LogP contribution in [0.3, 0.4) is 0 Å². The van der Waals surface area contributed by atoms with Gasteiger partial charge in [0.05, 0.1) is 10.6 Å². The Morgan fingerprint density at radius 2 is 1.77 bits per heavy atom. The molecule has 0 unspecified atom stereocenters. The molecule has 26 heavy (non-hydrogen) atoms. The number of benzene rings is 2. The molecule has 1 aliphatic carbocycles. The molecular formula is C20H22FNO3S. The van der Waals surface area contributed by atoms with Crippen LogP contribution in [-0.2, 0) is 21.2 Å². The fraction of sp³-hybridized carbons (Fsp3) is 0.350. The Morgan fingerprint density at radius 3 is 2.38 bits per heavy atom. The van der Waals surface area contributed by atoms with Gasteiger partial charge in [0.15, 0.2) is 9.84 Å². The second kappa shape index (κ2) is 7.58. The van der Waals surface area contributed by atoms with Crippen molar-refractivity contribution in [2.45, 2.75) is 43.7 Å². The molecule has 0 spiro atoms. The largest absolute Gasteiger partial charge is 0.335 e. The minimum atomic E-state index is -3.51. The van der Waals surface area contributed by atoms with Gasteiger partial charge in [-0.05, 0) is 38.0 Å². The summed E-state index contributed by atoms with van der Waals surface area (Å²) < 4.78 is 38.8. The molecule has 0 atom stereocenters. The highest BCUT2D eigenvalue weighted by molar-refractivity contribution is 7.91. The summed E-state index contributed by atoms with van der Waals surface area (Å²) in [5.41, 5.74) is 1.43. The zero-order valence-electron chi connectivity index (χ0n) is 14.7. The number of rotatable bonds is 7. The minimum absolute atomic E-state index is 0.0872. The molecule has 2 aromatic rings. The topological polar surface area (TPSA) is 54.5 Å². The van der Waals surface area contributed by atoms with Gasteiger partial charge >= 0.3 is 0 Å². The molecule has 138 valence electrons. The molecule has 1 saturated carbocycles. The maximum absolute atomic E-state index is 13.9. The van der Waals surface area contributed by atoms with Gasteiger partial charge in [-0.1, -0.05) is 35.9 Å². The molecule has 0 aliphatic heterocycles. The molecule has 1 amide bonds. The third-order valence-corrected chi connectivity index (χ3v) is 6.30. The lowest BCUT2D eigenvalue weighted by molar-refractivity contribution is -0.132. The molecule has 3 rings (SSSR count). The molecule has 1 aliphatic rings. The van der Waals surface area contributed by atoms with Gasteiger partial charge in [-0.2, -0.15) is 0 Å². The lowest BCUT2D eigenvalue weighted by atomic mass is 10.2. The first-order valence-corrected chi connectivity index (χ1v) is 10.3. The predicted molar refractivity (Wildman–Crippen MR) is 97.8 cm³/mol. The van der Waals surface area contributed by atoms with Gasteiger partial charge in [0, 0.05) is 24.6 Å². The van der Waals surface area contributed by atoms with Crippen molar-refractivity contribution in [3.05, 3.63) is 65.5 Å². The number of amides is 1. The summed E-state index contributed by atoms with van der Waals surface area (Å²) >= 11 is 0. The van der Waals surface area contributed by atoms with Crippen LogP contribution in [0.25, 0.3) is 0 Å². The zero-order valence-corrected chi connectivity index (χ0v) is 15.5. The average Bonchev–Trinajstić information content (AvgIpc) is 3.44. The monoisotopic (exact) mass is 375 g/mol. The van der Waals surface area contributed by atoms with Crippen LogP contribution < -0.4 is 0 Å². The molecular weight excluding hydrogens is 353 g/mol. The van der Waals surface area contributed by atoms with Crippen LogP contribution in [0.5, 0.6) is 0 Å². The van der Waals surface area contributed by atoms with Crippen LogP contribution in [0.2, 0.25) is 0 Å². The number of hydrogen-bond acceptors (Lipinski definition) is 3. The van der Waals surface area contributed by atoms with Crippen molar-refractivity contribution >= 4 is 15.7 Å². The molecule has 0 saturated heterocycles. The number of carbonyl (C=O) groups excluding carboxylic acids is 1. The molecule has 0 heterocycles. The van der Waals surface area contributed by atoms with Crippen molar-refractivity contribution in [2.24, 2.45) is 0 Å². The number of hydrogen-bond donors (Lipinski definition) is 0. The Hall–Kier alpha value is -2.21. The fourth-order valence-corrected chi connectivity index (χ4v) is 4.08. The van der Waals surface area contributed by atoms with E-state index < -0.39 is 9.84 Å². The van der Waals surface area contributed by atoms with Crippen molar-refractivity contribution in [1.29, 1.82) is 0 Å². The number of sulfone groups is 1. The second-order valence-electron chi connectivity index (χ2n) is 6.73. The van der Waals surface area contributed by atoms with E-state index in [0.717, 1.165) is 18.4 Å². The zero-order chi connectivity index (χ0) is 18.7. The van der Waals surface area contributed by atoms with Crippen molar-refractivity contribution in [2.75, 3.05) is 5.75 Å². The molecule has 0 aromatic heterocycles. The first-order chi connectivity index (χ1) is 12.4. The van der Waals surface area contributed by atoms with Gasteiger partial charge in [-0.25, -0.2) is 12.8 Å². The average molecular weight is 375 g/mol. The maximum atomic E-state index is 13.9. The third-order valence-electron chi connectivity index (χ3n) is 4.57. The van der Waals surface area contributed by atoms with Gasteiger partial charge in [0.1, 0.15) is 5.82 Å². The van der Waals surface area contributed by atoms with E-state index in [0.29, 0.717) is 5.56 Å². The SMILES string of the molecule is Cc1ccc(S(=O)(=O)CCC(=O)N(Cc2ccccc2F)C2CC2)cc1. The van der Waals surface area contributed by atoms with Gasteiger partial charge in [-0.3, -0.25) is 4.79 Å². The fourth-order valence-electron chi connectivity index (χ4n) is 2.85. The van der Waals surface area contributed by atoms with E-state index in [1.165, 1.54) is 6.07 Å². The van der Waals surface area contributed by atoms with E-state index in [4.69, 9.17) is 0 Å².